The van der Waals surface area contributed by atoms with Gasteiger partial charge in [-0.05, 0) is 48.1 Å². The summed E-state index contributed by atoms with van der Waals surface area (Å²) in [6, 6.07) is 18.1. The predicted octanol–water partition coefficient (Wildman–Crippen LogP) is 4.06. The fraction of sp³-hybridized carbons (Fsp3) is 0.435. The van der Waals surface area contributed by atoms with Crippen molar-refractivity contribution in [1.82, 2.24) is 10.2 Å². The molecule has 4 bridgehead atoms. The van der Waals surface area contributed by atoms with Crippen LogP contribution >= 0.6 is 0 Å². The van der Waals surface area contributed by atoms with E-state index in [1.165, 1.54) is 32.5 Å². The van der Waals surface area contributed by atoms with E-state index in [9.17, 15) is 4.79 Å². The number of urea groups is 1. The lowest BCUT2D eigenvalue weighted by Crippen LogP contribution is -2.59. The molecule has 140 valence electrons. The van der Waals surface area contributed by atoms with Crippen LogP contribution in [0.2, 0.25) is 0 Å². The summed E-state index contributed by atoms with van der Waals surface area (Å²) in [4.78, 5) is 15.2. The van der Waals surface area contributed by atoms with Crippen molar-refractivity contribution >= 4 is 11.7 Å². The van der Waals surface area contributed by atoms with E-state index in [1.807, 2.05) is 36.4 Å². The van der Waals surface area contributed by atoms with Gasteiger partial charge in [0.25, 0.3) is 0 Å². The van der Waals surface area contributed by atoms with Crippen molar-refractivity contribution in [2.45, 2.75) is 12.8 Å². The van der Waals surface area contributed by atoms with E-state index in [1.54, 1.807) is 0 Å². The number of carbonyl (C=O) groups is 1. The Morgan fingerprint density at radius 2 is 1.63 bits per heavy atom. The number of hydrogen-bond acceptors (Lipinski definition) is 2. The van der Waals surface area contributed by atoms with Crippen LogP contribution in [0.1, 0.15) is 12.8 Å². The largest absolute Gasteiger partial charge is 0.338 e. The lowest BCUT2D eigenvalue weighted by atomic mass is 9.62. The molecule has 1 unspecified atom stereocenters. The highest BCUT2D eigenvalue weighted by atomic mass is 16.2. The highest BCUT2D eigenvalue weighted by Crippen LogP contribution is 2.46. The second kappa shape index (κ2) is 7.01. The number of nitrogens with one attached hydrogen (secondary N) is 2. The van der Waals surface area contributed by atoms with E-state index in [-0.39, 0.29) is 6.03 Å². The van der Waals surface area contributed by atoms with E-state index in [2.05, 4.69) is 33.7 Å². The Bertz CT molecular complexity index is 791. The van der Waals surface area contributed by atoms with Gasteiger partial charge in [-0.2, -0.15) is 0 Å². The molecule has 3 heterocycles. The number of piperidine rings is 3. The Kier molecular flexibility index (Phi) is 4.36. The van der Waals surface area contributed by atoms with Gasteiger partial charge in [-0.3, -0.25) is 0 Å². The first-order chi connectivity index (χ1) is 13.3. The van der Waals surface area contributed by atoms with Gasteiger partial charge in [0.2, 0.25) is 0 Å². The molecular formula is C23H27N3O. The summed E-state index contributed by atoms with van der Waals surface area (Å²) < 4.78 is 0. The molecule has 2 amide bonds. The summed E-state index contributed by atoms with van der Waals surface area (Å²) >= 11 is 0. The molecule has 4 fully saturated rings. The van der Waals surface area contributed by atoms with Crippen molar-refractivity contribution in [1.29, 1.82) is 0 Å². The minimum atomic E-state index is -0.0903. The minimum Gasteiger partial charge on any atom is -0.338 e. The van der Waals surface area contributed by atoms with Gasteiger partial charge >= 0.3 is 6.03 Å². The summed E-state index contributed by atoms with van der Waals surface area (Å²) in [5.74, 6) is 3.10. The average Bonchev–Trinajstić information content (AvgIpc) is 2.68. The molecule has 2 aromatic rings. The Labute approximate surface area is 161 Å². The molecule has 3 aliphatic heterocycles. The molecule has 4 aliphatic rings. The molecule has 27 heavy (non-hydrogen) atoms. The average molecular weight is 361 g/mol. The Morgan fingerprint density at radius 1 is 0.926 bits per heavy atom. The molecule has 3 saturated heterocycles. The number of anilines is 1. The molecule has 0 aromatic heterocycles. The molecule has 2 N–H and O–H groups in total. The first kappa shape index (κ1) is 16.8. The van der Waals surface area contributed by atoms with Crippen molar-refractivity contribution in [2.75, 3.05) is 31.5 Å². The fourth-order valence-electron chi connectivity index (χ4n) is 5.68. The number of para-hydroxylation sites is 1. The maximum atomic E-state index is 12.6. The smallest absolute Gasteiger partial charge is 0.319 e. The quantitative estimate of drug-likeness (QED) is 0.862. The van der Waals surface area contributed by atoms with Gasteiger partial charge in [-0.1, -0.05) is 48.5 Å². The van der Waals surface area contributed by atoms with Crippen molar-refractivity contribution in [2.24, 2.45) is 23.7 Å². The molecule has 4 heteroatoms. The van der Waals surface area contributed by atoms with E-state index in [0.29, 0.717) is 5.92 Å². The number of hydrogen-bond donors (Lipinski definition) is 2. The maximum absolute atomic E-state index is 12.6. The van der Waals surface area contributed by atoms with Crippen LogP contribution in [0.15, 0.2) is 54.6 Å². The van der Waals surface area contributed by atoms with E-state index < -0.39 is 0 Å². The summed E-state index contributed by atoms with van der Waals surface area (Å²) in [5, 5.41) is 6.24. The van der Waals surface area contributed by atoms with Crippen molar-refractivity contribution in [3.63, 3.8) is 0 Å². The lowest BCUT2D eigenvalue weighted by Gasteiger charge is -2.56. The van der Waals surface area contributed by atoms with E-state index >= 15 is 0 Å². The third-order valence-corrected chi connectivity index (χ3v) is 6.74. The van der Waals surface area contributed by atoms with Crippen LogP contribution in [-0.4, -0.2) is 37.1 Å². The fourth-order valence-corrected chi connectivity index (χ4v) is 5.68. The Balaban J connectivity index is 1.23. The molecular weight excluding hydrogens is 334 g/mol. The molecule has 4 nitrogen and oxygen atoms in total. The van der Waals surface area contributed by atoms with Gasteiger partial charge in [0.1, 0.15) is 0 Å². The predicted molar refractivity (Wildman–Crippen MR) is 109 cm³/mol. The van der Waals surface area contributed by atoms with Gasteiger partial charge in [0.05, 0.1) is 5.69 Å². The second-order valence-corrected chi connectivity index (χ2v) is 8.49. The van der Waals surface area contributed by atoms with Crippen LogP contribution in [0, 0.1) is 23.7 Å². The third-order valence-electron chi connectivity index (χ3n) is 6.74. The molecule has 0 spiro atoms. The number of benzene rings is 2. The Morgan fingerprint density at radius 3 is 2.37 bits per heavy atom. The first-order valence-corrected chi connectivity index (χ1v) is 10.2. The van der Waals surface area contributed by atoms with Gasteiger partial charge < -0.3 is 15.5 Å². The molecule has 1 aliphatic carbocycles. The van der Waals surface area contributed by atoms with E-state index in [4.69, 9.17) is 0 Å². The summed E-state index contributed by atoms with van der Waals surface area (Å²) in [7, 11) is 0. The zero-order valence-electron chi connectivity index (χ0n) is 15.6. The molecule has 6 rings (SSSR count). The lowest BCUT2D eigenvalue weighted by molar-refractivity contribution is -0.0621. The molecule has 0 radical (unpaired) electrons. The molecule has 5 atom stereocenters. The Hall–Kier alpha value is -2.33. The van der Waals surface area contributed by atoms with Gasteiger partial charge in [-0.15, -0.1) is 0 Å². The monoisotopic (exact) mass is 361 g/mol. The maximum Gasteiger partial charge on any atom is 0.319 e. The normalized spacial score (nSPS) is 30.9. The second-order valence-electron chi connectivity index (χ2n) is 8.49. The van der Waals surface area contributed by atoms with Gasteiger partial charge in [-0.25, -0.2) is 4.79 Å². The highest BCUT2D eigenvalue weighted by Gasteiger charge is 2.47. The van der Waals surface area contributed by atoms with Crippen molar-refractivity contribution < 1.29 is 4.79 Å². The number of carbonyl (C=O) groups excluding carboxylic acids is 1. The molecule has 2 aromatic carbocycles. The van der Waals surface area contributed by atoms with Crippen molar-refractivity contribution in [3.05, 3.63) is 54.6 Å². The van der Waals surface area contributed by atoms with Crippen LogP contribution in [0.25, 0.3) is 11.1 Å². The SMILES string of the molecule is O=C(NC[C@@H]1[C@@H]2C[C@@H]3C[C@H]1CN(C3)C2)Nc1ccccc1-c1ccccc1. The third kappa shape index (κ3) is 3.34. The van der Waals surface area contributed by atoms with Crippen LogP contribution in [0.4, 0.5) is 10.5 Å². The number of rotatable bonds is 4. The summed E-state index contributed by atoms with van der Waals surface area (Å²) in [6.45, 7) is 4.58. The first-order valence-electron chi connectivity index (χ1n) is 10.2. The van der Waals surface area contributed by atoms with Gasteiger partial charge in [0.15, 0.2) is 0 Å². The van der Waals surface area contributed by atoms with Crippen LogP contribution in [-0.2, 0) is 0 Å². The summed E-state index contributed by atoms with van der Waals surface area (Å²) in [5.41, 5.74) is 3.02. The van der Waals surface area contributed by atoms with Crippen molar-refractivity contribution in [3.8, 4) is 11.1 Å². The number of amides is 2. The summed E-state index contributed by atoms with van der Waals surface area (Å²) in [6.07, 6.45) is 2.72. The zero-order chi connectivity index (χ0) is 18.2. The minimum absolute atomic E-state index is 0.0903. The van der Waals surface area contributed by atoms with Gasteiger partial charge in [0, 0.05) is 31.7 Å². The standard InChI is InChI=1S/C23H27N3O/c27-23(24-12-21-18-10-16-11-19(21)15-26(13-16)14-18)25-22-9-5-4-8-20(22)17-6-2-1-3-7-17/h1-9,16,18-19,21H,10-15H2,(H2,24,25,27)/t16-,18-,19+,21-. The topological polar surface area (TPSA) is 44.4 Å². The highest BCUT2D eigenvalue weighted by molar-refractivity contribution is 5.94. The van der Waals surface area contributed by atoms with Crippen LogP contribution in [0.5, 0.6) is 0 Å². The zero-order valence-corrected chi connectivity index (χ0v) is 15.6. The van der Waals surface area contributed by atoms with Crippen LogP contribution in [0.3, 0.4) is 0 Å². The molecule has 1 saturated carbocycles. The number of nitrogens with zero attached hydrogens (tertiary/aromatic N) is 1. The van der Waals surface area contributed by atoms with Crippen LogP contribution < -0.4 is 10.6 Å². The van der Waals surface area contributed by atoms with E-state index in [0.717, 1.165) is 41.1 Å².